The Kier molecular flexibility index (Phi) is 4.45. The second-order valence-electron chi connectivity index (χ2n) is 4.43. The molecule has 0 fully saturated rings. The van der Waals surface area contributed by atoms with Crippen LogP contribution in [-0.4, -0.2) is 11.1 Å². The van der Waals surface area contributed by atoms with Crippen LogP contribution in [0.4, 0.5) is 0 Å². The third-order valence-corrected chi connectivity index (χ3v) is 3.41. The second-order valence-corrected chi connectivity index (χ2v) is 4.43. The molecule has 0 amide bonds. The van der Waals surface area contributed by atoms with Gasteiger partial charge in [0.2, 0.25) is 0 Å². The van der Waals surface area contributed by atoms with Gasteiger partial charge in [-0.05, 0) is 25.2 Å². The molecule has 0 aromatic heterocycles. The van der Waals surface area contributed by atoms with Gasteiger partial charge in [0.25, 0.3) is 0 Å². The Morgan fingerprint density at radius 1 is 1.38 bits per heavy atom. The topological polar surface area (TPSA) is 37.3 Å². The first-order valence-corrected chi connectivity index (χ1v) is 5.10. The highest BCUT2D eigenvalue weighted by Gasteiger charge is 2.41. The Bertz CT molecular complexity index is 175. The van der Waals surface area contributed by atoms with Gasteiger partial charge in [0, 0.05) is 0 Å². The molecule has 2 unspecified atom stereocenters. The van der Waals surface area contributed by atoms with E-state index in [1.807, 2.05) is 27.7 Å². The fourth-order valence-electron chi connectivity index (χ4n) is 1.76. The Balaban J connectivity index is 4.68. The zero-order valence-electron chi connectivity index (χ0n) is 9.42. The lowest BCUT2D eigenvalue weighted by atomic mass is 9.68. The quantitative estimate of drug-likeness (QED) is 0.716. The summed E-state index contributed by atoms with van der Waals surface area (Å²) in [5.41, 5.74) is -0.573. The fraction of sp³-hybridized carbons (Fsp3) is 0.909. The third-order valence-electron chi connectivity index (χ3n) is 3.41. The van der Waals surface area contributed by atoms with Crippen molar-refractivity contribution in [1.82, 2.24) is 0 Å². The van der Waals surface area contributed by atoms with Crippen molar-refractivity contribution in [2.75, 3.05) is 0 Å². The predicted octanol–water partition coefficient (Wildman–Crippen LogP) is 3.17. The van der Waals surface area contributed by atoms with Crippen LogP contribution in [0.15, 0.2) is 0 Å². The van der Waals surface area contributed by atoms with Gasteiger partial charge < -0.3 is 5.11 Å². The van der Waals surface area contributed by atoms with Gasteiger partial charge in [-0.25, -0.2) is 0 Å². The van der Waals surface area contributed by atoms with Gasteiger partial charge in [-0.2, -0.15) is 0 Å². The highest BCUT2D eigenvalue weighted by Crippen LogP contribution is 2.38. The van der Waals surface area contributed by atoms with Crippen molar-refractivity contribution in [3.8, 4) is 0 Å². The first kappa shape index (κ1) is 12.5. The van der Waals surface area contributed by atoms with Gasteiger partial charge in [0.05, 0.1) is 5.41 Å². The minimum absolute atomic E-state index is 0.187. The molecule has 0 rings (SSSR count). The maximum atomic E-state index is 11.2. The molecular formula is C11H22O2. The fourth-order valence-corrected chi connectivity index (χ4v) is 1.76. The van der Waals surface area contributed by atoms with Crippen molar-refractivity contribution in [1.29, 1.82) is 0 Å². The molecular weight excluding hydrogens is 164 g/mol. The summed E-state index contributed by atoms with van der Waals surface area (Å²) in [7, 11) is 0. The molecule has 0 saturated carbocycles. The monoisotopic (exact) mass is 186 g/mol. The molecule has 78 valence electrons. The molecule has 0 heterocycles. The zero-order valence-corrected chi connectivity index (χ0v) is 9.42. The highest BCUT2D eigenvalue weighted by molar-refractivity contribution is 5.74. The summed E-state index contributed by atoms with van der Waals surface area (Å²) in [4.78, 5) is 11.2. The lowest BCUT2D eigenvalue weighted by Gasteiger charge is -2.35. The average Bonchev–Trinajstić information content (AvgIpc) is 2.02. The Morgan fingerprint density at radius 3 is 2.08 bits per heavy atom. The molecule has 0 aromatic carbocycles. The van der Waals surface area contributed by atoms with E-state index in [2.05, 4.69) is 6.92 Å². The van der Waals surface area contributed by atoms with E-state index in [4.69, 9.17) is 0 Å². The smallest absolute Gasteiger partial charge is 0.309 e. The molecule has 0 radical (unpaired) electrons. The van der Waals surface area contributed by atoms with E-state index in [-0.39, 0.29) is 11.8 Å². The lowest BCUT2D eigenvalue weighted by molar-refractivity contribution is -0.154. The zero-order chi connectivity index (χ0) is 10.6. The number of carboxylic acid groups (broad SMARTS) is 1. The number of rotatable bonds is 5. The van der Waals surface area contributed by atoms with Gasteiger partial charge in [0.15, 0.2) is 0 Å². The SMILES string of the molecule is CCCC(C)C(C)(C(=O)O)C(C)C. The molecule has 0 aliphatic carbocycles. The highest BCUT2D eigenvalue weighted by atomic mass is 16.4. The van der Waals surface area contributed by atoms with E-state index >= 15 is 0 Å². The third kappa shape index (κ3) is 2.45. The summed E-state index contributed by atoms with van der Waals surface area (Å²) >= 11 is 0. The summed E-state index contributed by atoms with van der Waals surface area (Å²) in [5, 5.41) is 9.20. The van der Waals surface area contributed by atoms with Crippen LogP contribution in [0.1, 0.15) is 47.5 Å². The van der Waals surface area contributed by atoms with Gasteiger partial charge in [0.1, 0.15) is 0 Å². The Morgan fingerprint density at radius 2 is 1.85 bits per heavy atom. The molecule has 1 N–H and O–H groups in total. The largest absolute Gasteiger partial charge is 0.481 e. The molecule has 13 heavy (non-hydrogen) atoms. The molecule has 0 aromatic rings. The van der Waals surface area contributed by atoms with E-state index in [1.165, 1.54) is 0 Å². The maximum absolute atomic E-state index is 11.2. The predicted molar refractivity (Wildman–Crippen MR) is 54.7 cm³/mol. The first-order chi connectivity index (χ1) is 5.87. The van der Waals surface area contributed by atoms with E-state index in [0.29, 0.717) is 0 Å². The summed E-state index contributed by atoms with van der Waals surface area (Å²) in [6.45, 7) is 9.97. The van der Waals surface area contributed by atoms with Crippen LogP contribution >= 0.6 is 0 Å². The Labute approximate surface area is 81.3 Å². The van der Waals surface area contributed by atoms with Crippen LogP contribution in [-0.2, 0) is 4.79 Å². The normalized spacial score (nSPS) is 18.3. The molecule has 2 nitrogen and oxygen atoms in total. The molecule has 0 saturated heterocycles. The van der Waals surface area contributed by atoms with Crippen LogP contribution in [0, 0.1) is 17.3 Å². The maximum Gasteiger partial charge on any atom is 0.309 e. The summed E-state index contributed by atoms with van der Waals surface area (Å²) in [6, 6.07) is 0. The standard InChI is InChI=1S/C11H22O2/c1-6-7-9(4)11(5,8(2)3)10(12)13/h8-9H,6-7H2,1-5H3,(H,12,13). The van der Waals surface area contributed by atoms with Gasteiger partial charge in [-0.15, -0.1) is 0 Å². The molecule has 2 heteroatoms. The molecule has 0 bridgehead atoms. The summed E-state index contributed by atoms with van der Waals surface area (Å²) < 4.78 is 0. The second kappa shape index (κ2) is 4.64. The molecule has 2 atom stereocenters. The minimum atomic E-state index is -0.663. The van der Waals surface area contributed by atoms with Crippen molar-refractivity contribution < 1.29 is 9.90 Å². The van der Waals surface area contributed by atoms with Crippen LogP contribution in [0.3, 0.4) is 0 Å². The lowest BCUT2D eigenvalue weighted by Crippen LogP contribution is -2.39. The number of carbonyl (C=O) groups is 1. The number of aliphatic carboxylic acids is 1. The molecule has 0 spiro atoms. The van der Waals surface area contributed by atoms with Crippen LogP contribution < -0.4 is 0 Å². The van der Waals surface area contributed by atoms with Crippen LogP contribution in [0.25, 0.3) is 0 Å². The first-order valence-electron chi connectivity index (χ1n) is 5.10. The Hall–Kier alpha value is -0.530. The van der Waals surface area contributed by atoms with Crippen molar-refractivity contribution in [2.24, 2.45) is 17.3 Å². The van der Waals surface area contributed by atoms with Gasteiger partial charge in [-0.3, -0.25) is 4.79 Å². The van der Waals surface area contributed by atoms with Crippen molar-refractivity contribution in [3.05, 3.63) is 0 Å². The van der Waals surface area contributed by atoms with E-state index < -0.39 is 11.4 Å². The van der Waals surface area contributed by atoms with E-state index in [0.717, 1.165) is 12.8 Å². The molecule has 0 aliphatic rings. The molecule has 0 aliphatic heterocycles. The van der Waals surface area contributed by atoms with Crippen LogP contribution in [0.2, 0.25) is 0 Å². The number of carboxylic acids is 1. The van der Waals surface area contributed by atoms with E-state index in [1.54, 1.807) is 0 Å². The number of hydrogen-bond donors (Lipinski definition) is 1. The minimum Gasteiger partial charge on any atom is -0.481 e. The number of hydrogen-bond acceptors (Lipinski definition) is 1. The van der Waals surface area contributed by atoms with Crippen molar-refractivity contribution >= 4 is 5.97 Å². The van der Waals surface area contributed by atoms with Crippen molar-refractivity contribution in [2.45, 2.75) is 47.5 Å². The average molecular weight is 186 g/mol. The van der Waals surface area contributed by atoms with E-state index in [9.17, 15) is 9.90 Å². The van der Waals surface area contributed by atoms with Crippen LogP contribution in [0.5, 0.6) is 0 Å². The summed E-state index contributed by atoms with van der Waals surface area (Å²) in [6.07, 6.45) is 2.04. The van der Waals surface area contributed by atoms with Crippen molar-refractivity contribution in [3.63, 3.8) is 0 Å². The summed E-state index contributed by atoms with van der Waals surface area (Å²) in [5.74, 6) is -0.231. The van der Waals surface area contributed by atoms with Gasteiger partial charge >= 0.3 is 5.97 Å². The van der Waals surface area contributed by atoms with Gasteiger partial charge in [-0.1, -0.05) is 34.1 Å².